The van der Waals surface area contributed by atoms with Gasteiger partial charge in [-0.05, 0) is 43.9 Å². The summed E-state index contributed by atoms with van der Waals surface area (Å²) in [4.78, 5) is 26.3. The lowest BCUT2D eigenvalue weighted by Gasteiger charge is -2.35. The average Bonchev–Trinajstić information content (AvgIpc) is 2.61. The van der Waals surface area contributed by atoms with Crippen LogP contribution in [-0.2, 0) is 9.59 Å². The summed E-state index contributed by atoms with van der Waals surface area (Å²) in [5, 5.41) is 2.91. The summed E-state index contributed by atoms with van der Waals surface area (Å²) in [5.74, 6) is -0.118. The van der Waals surface area contributed by atoms with E-state index in [1.807, 2.05) is 6.92 Å². The number of likely N-dealkylation sites (tertiary alicyclic amines) is 1. The quantitative estimate of drug-likeness (QED) is 0.853. The molecule has 0 aromatic heterocycles. The van der Waals surface area contributed by atoms with Crippen LogP contribution in [0.2, 0.25) is 0 Å². The van der Waals surface area contributed by atoms with Crippen molar-refractivity contribution in [2.75, 3.05) is 6.54 Å². The zero-order valence-electron chi connectivity index (χ0n) is 14.5. The first-order valence-electron chi connectivity index (χ1n) is 8.57. The molecule has 2 atom stereocenters. The van der Waals surface area contributed by atoms with Gasteiger partial charge in [-0.25, -0.2) is 0 Å². The van der Waals surface area contributed by atoms with Crippen molar-refractivity contribution in [2.45, 2.75) is 58.2 Å². The van der Waals surface area contributed by atoms with Gasteiger partial charge in [0.15, 0.2) is 0 Å². The Hall–Kier alpha value is -2.18. The van der Waals surface area contributed by atoms with Crippen molar-refractivity contribution in [2.24, 2.45) is 0 Å². The lowest BCUT2D eigenvalue weighted by atomic mass is 10.00. The molecule has 1 aliphatic rings. The molecule has 1 aromatic rings. The highest BCUT2D eigenvalue weighted by Gasteiger charge is 2.31. The van der Waals surface area contributed by atoms with Crippen LogP contribution in [0.5, 0.6) is 5.75 Å². The van der Waals surface area contributed by atoms with Gasteiger partial charge < -0.3 is 15.0 Å². The molecular weight excluding hydrogens is 330 g/mol. The number of amides is 2. The van der Waals surface area contributed by atoms with Crippen molar-refractivity contribution < 1.29 is 23.1 Å². The summed E-state index contributed by atoms with van der Waals surface area (Å²) in [6, 6.07) is 5.42. The molecule has 25 heavy (non-hydrogen) atoms. The van der Waals surface area contributed by atoms with Gasteiger partial charge in [0, 0.05) is 13.0 Å². The average molecular weight is 354 g/mol. The Kier molecular flexibility index (Phi) is 6.73. The number of benzene rings is 1. The number of hydrogen-bond donors (Lipinski definition) is 1. The largest absolute Gasteiger partial charge is 0.435 e. The van der Waals surface area contributed by atoms with Crippen LogP contribution < -0.4 is 10.1 Å². The zero-order chi connectivity index (χ0) is 18.4. The Bertz CT molecular complexity index is 592. The molecular formula is C18H24F2N2O3. The number of nitrogens with zero attached hydrogens (tertiary/aromatic N) is 1. The Morgan fingerprint density at radius 3 is 2.56 bits per heavy atom. The minimum absolute atomic E-state index is 0.0130. The molecule has 1 heterocycles. The van der Waals surface area contributed by atoms with Crippen molar-refractivity contribution in [3.8, 4) is 5.75 Å². The van der Waals surface area contributed by atoms with E-state index in [1.54, 1.807) is 24.0 Å². The molecule has 0 saturated carbocycles. The third-order valence-electron chi connectivity index (χ3n) is 4.39. The SMILES string of the molecule is CCC(=O)N1CCCC[C@H]1C(=O)N[C@@H](C)c1ccc(OC(F)F)cc1. The van der Waals surface area contributed by atoms with E-state index in [-0.39, 0.29) is 23.6 Å². The van der Waals surface area contributed by atoms with Gasteiger partial charge >= 0.3 is 6.61 Å². The van der Waals surface area contributed by atoms with Gasteiger partial charge in [0.1, 0.15) is 11.8 Å². The molecule has 7 heteroatoms. The summed E-state index contributed by atoms with van der Waals surface area (Å²) in [6.45, 7) is 1.35. The number of piperidine rings is 1. The van der Waals surface area contributed by atoms with E-state index in [0.29, 0.717) is 19.4 Å². The predicted molar refractivity (Wildman–Crippen MR) is 89.3 cm³/mol. The monoisotopic (exact) mass is 354 g/mol. The normalized spacial score (nSPS) is 18.8. The van der Waals surface area contributed by atoms with Gasteiger partial charge in [0.2, 0.25) is 11.8 Å². The Morgan fingerprint density at radius 2 is 1.96 bits per heavy atom. The number of hydrogen-bond acceptors (Lipinski definition) is 3. The molecule has 0 bridgehead atoms. The minimum atomic E-state index is -2.86. The van der Waals surface area contributed by atoms with Gasteiger partial charge in [0.25, 0.3) is 0 Å². The number of carbonyl (C=O) groups is 2. The molecule has 0 radical (unpaired) electrons. The van der Waals surface area contributed by atoms with Gasteiger partial charge in [-0.15, -0.1) is 0 Å². The van der Waals surface area contributed by atoms with Crippen molar-refractivity contribution in [1.29, 1.82) is 0 Å². The third-order valence-corrected chi connectivity index (χ3v) is 4.39. The maximum Gasteiger partial charge on any atom is 0.387 e. The molecule has 2 amide bonds. The van der Waals surface area contributed by atoms with E-state index >= 15 is 0 Å². The van der Waals surface area contributed by atoms with Crippen LogP contribution in [0.25, 0.3) is 0 Å². The molecule has 1 saturated heterocycles. The van der Waals surface area contributed by atoms with Crippen LogP contribution in [0.15, 0.2) is 24.3 Å². The van der Waals surface area contributed by atoms with E-state index in [0.717, 1.165) is 18.4 Å². The molecule has 1 N–H and O–H groups in total. The maximum absolute atomic E-state index is 12.6. The minimum Gasteiger partial charge on any atom is -0.435 e. The molecule has 1 aliphatic heterocycles. The van der Waals surface area contributed by atoms with E-state index in [4.69, 9.17) is 0 Å². The van der Waals surface area contributed by atoms with Crippen molar-refractivity contribution in [3.05, 3.63) is 29.8 Å². The lowest BCUT2D eigenvalue weighted by molar-refractivity contribution is -0.142. The van der Waals surface area contributed by atoms with E-state index < -0.39 is 12.7 Å². The van der Waals surface area contributed by atoms with Gasteiger partial charge in [0.05, 0.1) is 6.04 Å². The molecule has 5 nitrogen and oxygen atoms in total. The van der Waals surface area contributed by atoms with Gasteiger partial charge in [-0.3, -0.25) is 9.59 Å². The van der Waals surface area contributed by atoms with Crippen LogP contribution in [-0.4, -0.2) is 35.9 Å². The first-order valence-corrected chi connectivity index (χ1v) is 8.57. The van der Waals surface area contributed by atoms with Crippen LogP contribution in [0.4, 0.5) is 8.78 Å². The molecule has 1 aromatic carbocycles. The molecule has 0 unspecified atom stereocenters. The van der Waals surface area contributed by atoms with Crippen molar-refractivity contribution in [3.63, 3.8) is 0 Å². The first kappa shape index (κ1) is 19.1. The number of nitrogens with one attached hydrogen (secondary N) is 1. The Labute approximate surface area is 146 Å². The Morgan fingerprint density at radius 1 is 1.28 bits per heavy atom. The summed E-state index contributed by atoms with van der Waals surface area (Å²) in [5.41, 5.74) is 0.777. The molecule has 2 rings (SSSR count). The second-order valence-electron chi connectivity index (χ2n) is 6.13. The lowest BCUT2D eigenvalue weighted by Crippen LogP contribution is -2.52. The van der Waals surface area contributed by atoms with Crippen LogP contribution >= 0.6 is 0 Å². The van der Waals surface area contributed by atoms with Crippen LogP contribution in [0.1, 0.15) is 51.1 Å². The highest BCUT2D eigenvalue weighted by molar-refractivity contribution is 5.88. The molecule has 0 spiro atoms. The summed E-state index contributed by atoms with van der Waals surface area (Å²) >= 11 is 0. The summed E-state index contributed by atoms with van der Waals surface area (Å²) in [7, 11) is 0. The smallest absolute Gasteiger partial charge is 0.387 e. The predicted octanol–water partition coefficient (Wildman–Crippen LogP) is 3.26. The molecule has 1 fully saturated rings. The molecule has 138 valence electrons. The number of rotatable bonds is 6. The molecule has 0 aliphatic carbocycles. The van der Waals surface area contributed by atoms with Crippen LogP contribution in [0.3, 0.4) is 0 Å². The standard InChI is InChI=1S/C18H24F2N2O3/c1-3-16(23)22-11-5-4-6-15(22)17(24)21-12(2)13-7-9-14(10-8-13)25-18(19)20/h7-10,12,15,18H,3-6,11H2,1-2H3,(H,21,24)/t12-,15-/m0/s1. The maximum atomic E-state index is 12.6. The number of alkyl halides is 2. The fourth-order valence-electron chi connectivity index (χ4n) is 3.04. The van der Waals surface area contributed by atoms with E-state index in [1.165, 1.54) is 12.1 Å². The summed E-state index contributed by atoms with van der Waals surface area (Å²) in [6.07, 6.45) is 2.87. The van der Waals surface area contributed by atoms with E-state index in [9.17, 15) is 18.4 Å². The van der Waals surface area contributed by atoms with Gasteiger partial charge in [-0.2, -0.15) is 8.78 Å². The van der Waals surface area contributed by atoms with Crippen molar-refractivity contribution in [1.82, 2.24) is 10.2 Å². The highest BCUT2D eigenvalue weighted by atomic mass is 19.3. The number of carbonyl (C=O) groups excluding carboxylic acids is 2. The number of ether oxygens (including phenoxy) is 1. The summed E-state index contributed by atoms with van der Waals surface area (Å²) < 4.78 is 28.7. The second-order valence-corrected chi connectivity index (χ2v) is 6.13. The van der Waals surface area contributed by atoms with Crippen molar-refractivity contribution >= 4 is 11.8 Å². The second kappa shape index (κ2) is 8.78. The fraction of sp³-hybridized carbons (Fsp3) is 0.556. The van der Waals surface area contributed by atoms with Gasteiger partial charge in [-0.1, -0.05) is 19.1 Å². The highest BCUT2D eigenvalue weighted by Crippen LogP contribution is 2.22. The number of halogens is 2. The van der Waals surface area contributed by atoms with E-state index in [2.05, 4.69) is 10.1 Å². The first-order chi connectivity index (χ1) is 11.9. The topological polar surface area (TPSA) is 58.6 Å². The Balaban J connectivity index is 1.99. The van der Waals surface area contributed by atoms with Crippen LogP contribution in [0, 0.1) is 0 Å². The zero-order valence-corrected chi connectivity index (χ0v) is 14.5. The third kappa shape index (κ3) is 5.14. The fourth-order valence-corrected chi connectivity index (χ4v) is 3.04.